The second-order valence-corrected chi connectivity index (χ2v) is 7.84. The van der Waals surface area contributed by atoms with Crippen LogP contribution in [-0.4, -0.2) is 46.2 Å². The molecule has 0 saturated heterocycles. The first-order valence-corrected chi connectivity index (χ1v) is 8.77. The second kappa shape index (κ2) is 9.11. The molecule has 0 spiro atoms. The SMILES string of the molecule is CC(C)(CCCC1(NC(=O)O)CCC(CCO)CC1)CNC(=O)O. The van der Waals surface area contributed by atoms with Crippen LogP contribution in [0.4, 0.5) is 9.59 Å². The zero-order valence-corrected chi connectivity index (χ0v) is 14.8. The molecule has 0 heterocycles. The number of aliphatic hydroxyl groups excluding tert-OH is 1. The van der Waals surface area contributed by atoms with E-state index < -0.39 is 12.2 Å². The van der Waals surface area contributed by atoms with Gasteiger partial charge >= 0.3 is 12.2 Å². The molecule has 0 aromatic rings. The summed E-state index contributed by atoms with van der Waals surface area (Å²) in [6.45, 7) is 4.60. The van der Waals surface area contributed by atoms with Gasteiger partial charge in [0, 0.05) is 18.7 Å². The highest BCUT2D eigenvalue weighted by molar-refractivity contribution is 5.65. The molecule has 24 heavy (non-hydrogen) atoms. The lowest BCUT2D eigenvalue weighted by Gasteiger charge is -2.41. The van der Waals surface area contributed by atoms with Crippen molar-refractivity contribution in [1.82, 2.24) is 10.6 Å². The standard InChI is InChI=1S/C17H32N2O5/c1-16(2,12-18-14(21)22)7-3-8-17(19-15(23)24)9-4-13(5-10-17)6-11-20/h13,18-20H,3-12H2,1-2H3,(H,21,22)(H,23,24). The Kier molecular flexibility index (Phi) is 7.79. The molecule has 1 saturated carbocycles. The van der Waals surface area contributed by atoms with Crippen LogP contribution in [-0.2, 0) is 0 Å². The highest BCUT2D eigenvalue weighted by Crippen LogP contribution is 2.38. The van der Waals surface area contributed by atoms with E-state index in [0.717, 1.165) is 51.4 Å². The lowest BCUT2D eigenvalue weighted by molar-refractivity contribution is 0.128. The maximum Gasteiger partial charge on any atom is 0.405 e. The maximum atomic E-state index is 11.2. The van der Waals surface area contributed by atoms with Gasteiger partial charge < -0.3 is 26.0 Å². The Balaban J connectivity index is 2.52. The lowest BCUT2D eigenvalue weighted by Crippen LogP contribution is -2.50. The molecule has 5 N–H and O–H groups in total. The van der Waals surface area contributed by atoms with Crippen LogP contribution in [0.25, 0.3) is 0 Å². The molecule has 7 nitrogen and oxygen atoms in total. The smallest absolute Gasteiger partial charge is 0.405 e. The average molecular weight is 344 g/mol. The van der Waals surface area contributed by atoms with Gasteiger partial charge in [0.05, 0.1) is 0 Å². The number of hydrogen-bond acceptors (Lipinski definition) is 3. The predicted molar refractivity (Wildman–Crippen MR) is 91.2 cm³/mol. The van der Waals surface area contributed by atoms with E-state index in [-0.39, 0.29) is 17.6 Å². The summed E-state index contributed by atoms with van der Waals surface area (Å²) in [5, 5.41) is 32.1. The van der Waals surface area contributed by atoms with Crippen LogP contribution in [0.5, 0.6) is 0 Å². The third-order valence-corrected chi connectivity index (χ3v) is 5.20. The van der Waals surface area contributed by atoms with Crippen molar-refractivity contribution < 1.29 is 24.9 Å². The normalized spacial score (nSPS) is 24.4. The van der Waals surface area contributed by atoms with Crippen molar-refractivity contribution in [2.24, 2.45) is 11.3 Å². The van der Waals surface area contributed by atoms with E-state index in [1.807, 2.05) is 13.8 Å². The zero-order chi connectivity index (χ0) is 18.2. The van der Waals surface area contributed by atoms with Crippen LogP contribution in [0.1, 0.15) is 65.2 Å². The summed E-state index contributed by atoms with van der Waals surface area (Å²) < 4.78 is 0. The Morgan fingerprint density at radius 2 is 1.79 bits per heavy atom. The molecule has 1 rings (SSSR count). The van der Waals surface area contributed by atoms with Crippen LogP contribution in [0.3, 0.4) is 0 Å². The summed E-state index contributed by atoms with van der Waals surface area (Å²) in [7, 11) is 0. The fourth-order valence-electron chi connectivity index (χ4n) is 3.67. The number of hydrogen-bond donors (Lipinski definition) is 5. The summed E-state index contributed by atoms with van der Waals surface area (Å²) in [6.07, 6.45) is 4.70. The quantitative estimate of drug-likeness (QED) is 0.440. The summed E-state index contributed by atoms with van der Waals surface area (Å²) in [5.41, 5.74) is -0.537. The Morgan fingerprint density at radius 3 is 2.29 bits per heavy atom. The van der Waals surface area contributed by atoms with Crippen molar-refractivity contribution in [3.63, 3.8) is 0 Å². The van der Waals surface area contributed by atoms with Gasteiger partial charge in [0.2, 0.25) is 0 Å². The largest absolute Gasteiger partial charge is 0.465 e. The molecule has 0 aliphatic heterocycles. The van der Waals surface area contributed by atoms with Crippen molar-refractivity contribution in [2.75, 3.05) is 13.2 Å². The minimum atomic E-state index is -1.02. The monoisotopic (exact) mass is 344 g/mol. The second-order valence-electron chi connectivity index (χ2n) is 7.84. The van der Waals surface area contributed by atoms with Crippen LogP contribution in [0, 0.1) is 11.3 Å². The van der Waals surface area contributed by atoms with Crippen LogP contribution >= 0.6 is 0 Å². The van der Waals surface area contributed by atoms with Crippen molar-refractivity contribution in [3.05, 3.63) is 0 Å². The van der Waals surface area contributed by atoms with E-state index in [4.69, 9.17) is 10.2 Å². The van der Waals surface area contributed by atoms with Crippen molar-refractivity contribution in [1.29, 1.82) is 0 Å². The van der Waals surface area contributed by atoms with E-state index >= 15 is 0 Å². The van der Waals surface area contributed by atoms with Gasteiger partial charge in [0.25, 0.3) is 0 Å². The zero-order valence-electron chi connectivity index (χ0n) is 14.8. The summed E-state index contributed by atoms with van der Waals surface area (Å²) in [5.74, 6) is 0.481. The number of amides is 2. The van der Waals surface area contributed by atoms with E-state index in [9.17, 15) is 14.7 Å². The molecular weight excluding hydrogens is 312 g/mol. The van der Waals surface area contributed by atoms with Crippen LogP contribution < -0.4 is 10.6 Å². The van der Waals surface area contributed by atoms with Gasteiger partial charge in [-0.15, -0.1) is 0 Å². The van der Waals surface area contributed by atoms with Gasteiger partial charge in [-0.25, -0.2) is 9.59 Å². The summed E-state index contributed by atoms with van der Waals surface area (Å²) in [6, 6.07) is 0. The molecule has 1 aliphatic rings. The van der Waals surface area contributed by atoms with Gasteiger partial charge in [-0.3, -0.25) is 0 Å². The molecule has 1 aliphatic carbocycles. The van der Waals surface area contributed by atoms with E-state index in [1.54, 1.807) is 0 Å². The molecular formula is C17H32N2O5. The Labute approximate surface area is 143 Å². The highest BCUT2D eigenvalue weighted by atomic mass is 16.4. The first-order valence-electron chi connectivity index (χ1n) is 8.77. The number of rotatable bonds is 9. The molecule has 0 radical (unpaired) electrons. The number of aliphatic hydroxyl groups is 1. The Morgan fingerprint density at radius 1 is 1.17 bits per heavy atom. The molecule has 0 unspecified atom stereocenters. The van der Waals surface area contributed by atoms with E-state index in [1.165, 1.54) is 0 Å². The third kappa shape index (κ3) is 7.38. The molecule has 7 heteroatoms. The summed E-state index contributed by atoms with van der Waals surface area (Å²) in [4.78, 5) is 21.8. The molecule has 2 amide bonds. The average Bonchev–Trinajstić information content (AvgIpc) is 2.47. The lowest BCUT2D eigenvalue weighted by atomic mass is 9.72. The molecule has 0 aromatic carbocycles. The van der Waals surface area contributed by atoms with Gasteiger partial charge in [-0.1, -0.05) is 20.3 Å². The number of carboxylic acid groups (broad SMARTS) is 2. The van der Waals surface area contributed by atoms with Crippen molar-refractivity contribution >= 4 is 12.2 Å². The summed E-state index contributed by atoms with van der Waals surface area (Å²) >= 11 is 0. The molecule has 0 atom stereocenters. The Hall–Kier alpha value is -1.50. The topological polar surface area (TPSA) is 119 Å². The third-order valence-electron chi connectivity index (χ3n) is 5.20. The molecule has 0 bridgehead atoms. The minimum absolute atomic E-state index is 0.156. The van der Waals surface area contributed by atoms with E-state index in [2.05, 4.69) is 10.6 Å². The fraction of sp³-hybridized carbons (Fsp3) is 0.882. The van der Waals surface area contributed by atoms with Crippen LogP contribution in [0.15, 0.2) is 0 Å². The number of nitrogens with one attached hydrogen (secondary N) is 2. The van der Waals surface area contributed by atoms with Gasteiger partial charge in [0.1, 0.15) is 0 Å². The first-order chi connectivity index (χ1) is 11.2. The van der Waals surface area contributed by atoms with Crippen molar-refractivity contribution in [3.8, 4) is 0 Å². The number of carbonyl (C=O) groups is 2. The Bertz CT molecular complexity index is 417. The predicted octanol–water partition coefficient (Wildman–Crippen LogP) is 3.03. The highest BCUT2D eigenvalue weighted by Gasteiger charge is 2.36. The fourth-order valence-corrected chi connectivity index (χ4v) is 3.67. The molecule has 140 valence electrons. The first kappa shape index (κ1) is 20.5. The van der Waals surface area contributed by atoms with Gasteiger partial charge in [0.15, 0.2) is 0 Å². The van der Waals surface area contributed by atoms with Crippen LogP contribution in [0.2, 0.25) is 0 Å². The van der Waals surface area contributed by atoms with Crippen molar-refractivity contribution in [2.45, 2.75) is 70.8 Å². The minimum Gasteiger partial charge on any atom is -0.465 e. The molecule has 0 aromatic heterocycles. The van der Waals surface area contributed by atoms with Gasteiger partial charge in [-0.2, -0.15) is 0 Å². The van der Waals surface area contributed by atoms with E-state index in [0.29, 0.717) is 12.5 Å². The molecule has 1 fully saturated rings. The maximum absolute atomic E-state index is 11.2. The van der Waals surface area contributed by atoms with Gasteiger partial charge in [-0.05, 0) is 56.3 Å².